The topological polar surface area (TPSA) is 43.6 Å². The van der Waals surface area contributed by atoms with Crippen LogP contribution in [-0.4, -0.2) is 25.8 Å². The lowest BCUT2D eigenvalue weighted by Crippen LogP contribution is -2.30. The summed E-state index contributed by atoms with van der Waals surface area (Å²) in [5.41, 5.74) is 4.80. The minimum atomic E-state index is -0.216. The van der Waals surface area contributed by atoms with Gasteiger partial charge in [-0.2, -0.15) is 0 Å². The number of benzene rings is 2. The van der Waals surface area contributed by atoms with E-state index in [1.54, 1.807) is 6.26 Å². The maximum Gasteiger partial charge on any atom is 0.205 e. The van der Waals surface area contributed by atoms with Crippen molar-refractivity contribution in [2.75, 3.05) is 19.8 Å². The molecule has 0 spiro atoms. The second kappa shape index (κ2) is 10.9. The number of aryl methyl sites for hydroxylation is 2. The fourth-order valence-corrected chi connectivity index (χ4v) is 4.73. The van der Waals surface area contributed by atoms with E-state index in [0.29, 0.717) is 36.3 Å². The number of ether oxygens (including phenoxy) is 2. The Balaban J connectivity index is 1.50. The first-order chi connectivity index (χ1) is 16.0. The van der Waals surface area contributed by atoms with Crippen molar-refractivity contribution in [3.05, 3.63) is 65.7 Å². The molecule has 33 heavy (non-hydrogen) atoms. The number of hydrogen-bond donors (Lipinski definition) is 1. The molecule has 1 N–H and O–H groups in total. The van der Waals surface area contributed by atoms with Crippen LogP contribution in [0.25, 0.3) is 16.5 Å². The van der Waals surface area contributed by atoms with E-state index in [0.717, 1.165) is 47.0 Å². The number of rotatable bonds is 11. The molecule has 0 radical (unpaired) electrons. The molecule has 0 atom stereocenters. The van der Waals surface area contributed by atoms with Crippen molar-refractivity contribution in [2.45, 2.75) is 58.4 Å². The number of furan rings is 1. The smallest absolute Gasteiger partial charge is 0.205 e. The summed E-state index contributed by atoms with van der Waals surface area (Å²) in [7, 11) is 0. The van der Waals surface area contributed by atoms with Gasteiger partial charge in [0, 0.05) is 23.5 Å². The molecule has 1 aliphatic rings. The van der Waals surface area contributed by atoms with Crippen LogP contribution in [0.5, 0.6) is 11.5 Å². The van der Waals surface area contributed by atoms with Gasteiger partial charge in [-0.15, -0.1) is 0 Å². The first kappa shape index (κ1) is 23.4. The summed E-state index contributed by atoms with van der Waals surface area (Å²) in [4.78, 5) is 0. The molecule has 176 valence electrons. The third kappa shape index (κ3) is 5.59. The molecule has 1 heterocycles. The minimum absolute atomic E-state index is 0.216. The van der Waals surface area contributed by atoms with Crippen molar-refractivity contribution in [1.82, 2.24) is 5.32 Å². The fraction of sp³-hybridized carbons (Fsp3) is 0.429. The molecule has 0 aliphatic heterocycles. The fourth-order valence-electron chi connectivity index (χ4n) is 4.73. The molecule has 0 amide bonds. The van der Waals surface area contributed by atoms with Gasteiger partial charge in [0.2, 0.25) is 5.75 Å². The highest BCUT2D eigenvalue weighted by molar-refractivity contribution is 5.94. The summed E-state index contributed by atoms with van der Waals surface area (Å²) < 4.78 is 31.6. The van der Waals surface area contributed by atoms with E-state index >= 15 is 0 Å². The largest absolute Gasteiger partial charge is 0.488 e. The summed E-state index contributed by atoms with van der Waals surface area (Å²) in [6.07, 6.45) is 8.41. The molecule has 1 aliphatic carbocycles. The van der Waals surface area contributed by atoms with Gasteiger partial charge in [-0.3, -0.25) is 0 Å². The maximum atomic E-state index is 13.1. The molecule has 4 nitrogen and oxygen atoms in total. The van der Waals surface area contributed by atoms with E-state index in [9.17, 15) is 4.39 Å². The lowest BCUT2D eigenvalue weighted by Gasteiger charge is -2.20. The van der Waals surface area contributed by atoms with Gasteiger partial charge in [0.05, 0.1) is 12.9 Å². The summed E-state index contributed by atoms with van der Waals surface area (Å²) in [5, 5.41) is 4.61. The highest BCUT2D eigenvalue weighted by Crippen LogP contribution is 2.45. The molecule has 0 unspecified atom stereocenters. The van der Waals surface area contributed by atoms with Crippen molar-refractivity contribution >= 4 is 16.5 Å². The Morgan fingerprint density at radius 2 is 1.82 bits per heavy atom. The zero-order valence-electron chi connectivity index (χ0n) is 19.7. The second-order valence-electron chi connectivity index (χ2n) is 8.96. The molecule has 1 aromatic heterocycles. The Morgan fingerprint density at radius 1 is 1.09 bits per heavy atom. The van der Waals surface area contributed by atoms with Gasteiger partial charge in [-0.25, -0.2) is 4.39 Å². The molecule has 0 bridgehead atoms. The van der Waals surface area contributed by atoms with Crippen molar-refractivity contribution in [2.24, 2.45) is 0 Å². The number of halogens is 1. The average Bonchev–Trinajstić information content (AvgIpc) is 3.49. The second-order valence-corrected chi connectivity index (χ2v) is 8.96. The van der Waals surface area contributed by atoms with Gasteiger partial charge >= 0.3 is 0 Å². The number of fused-ring (bicyclic) bond motifs is 1. The van der Waals surface area contributed by atoms with Crippen LogP contribution < -0.4 is 14.8 Å². The highest BCUT2D eigenvalue weighted by atomic mass is 19.1. The molecule has 1 fully saturated rings. The number of hydrogen-bond acceptors (Lipinski definition) is 4. The van der Waals surface area contributed by atoms with E-state index < -0.39 is 0 Å². The third-order valence-electron chi connectivity index (χ3n) is 6.42. The van der Waals surface area contributed by atoms with Crippen LogP contribution in [0.2, 0.25) is 0 Å². The van der Waals surface area contributed by atoms with Gasteiger partial charge in [0.25, 0.3) is 0 Å². The molecule has 3 aromatic rings. The lowest BCUT2D eigenvalue weighted by atomic mass is 9.97. The van der Waals surface area contributed by atoms with E-state index in [2.05, 4.69) is 18.8 Å². The molecule has 1 saturated carbocycles. The molecule has 0 saturated heterocycles. The lowest BCUT2D eigenvalue weighted by molar-refractivity contribution is 0.261. The van der Waals surface area contributed by atoms with E-state index in [1.807, 2.05) is 25.1 Å². The van der Waals surface area contributed by atoms with Gasteiger partial charge in [-0.1, -0.05) is 31.6 Å². The predicted molar refractivity (Wildman–Crippen MR) is 132 cm³/mol. The Kier molecular flexibility index (Phi) is 7.71. The third-order valence-corrected chi connectivity index (χ3v) is 6.42. The monoisotopic (exact) mass is 451 g/mol. The Bertz CT molecular complexity index is 1080. The minimum Gasteiger partial charge on any atom is -0.488 e. The van der Waals surface area contributed by atoms with Crippen LogP contribution in [0.15, 0.2) is 47.6 Å². The summed E-state index contributed by atoms with van der Waals surface area (Å²) in [6, 6.07) is 9.19. The number of nitrogens with one attached hydrogen (secondary N) is 1. The zero-order valence-corrected chi connectivity index (χ0v) is 19.7. The van der Waals surface area contributed by atoms with E-state index in [-0.39, 0.29) is 5.82 Å². The summed E-state index contributed by atoms with van der Waals surface area (Å²) >= 11 is 0. The Morgan fingerprint density at radius 3 is 2.55 bits per heavy atom. The van der Waals surface area contributed by atoms with Crippen molar-refractivity contribution in [1.29, 1.82) is 0 Å². The standard InChI is InChI=1S/C28H34FNO3/c1-19(2)25-20(3)24-14-17-32-26(24)28(27(25)33-18-15-30-23-8-4-5-9-23)31-16-6-7-21-10-12-22(29)13-11-21/h10-14,17,23,30H,1,4-9,15-16,18H2,2-3H3. The Hall–Kier alpha value is -2.79. The first-order valence-corrected chi connectivity index (χ1v) is 12.0. The normalized spacial score (nSPS) is 14.2. The molecule has 4 rings (SSSR count). The first-order valence-electron chi connectivity index (χ1n) is 12.0. The van der Waals surface area contributed by atoms with Crippen LogP contribution in [0.3, 0.4) is 0 Å². The SMILES string of the molecule is C=C(C)c1c(OCCNC2CCCC2)c(OCCCc2ccc(F)cc2)c2occc2c1C. The summed E-state index contributed by atoms with van der Waals surface area (Å²) in [6.45, 7) is 10.1. The van der Waals surface area contributed by atoms with Crippen molar-refractivity contribution < 1.29 is 18.3 Å². The van der Waals surface area contributed by atoms with Crippen molar-refractivity contribution in [3.63, 3.8) is 0 Å². The predicted octanol–water partition coefficient (Wildman–Crippen LogP) is 6.84. The number of allylic oxidation sites excluding steroid dienone is 1. The van der Waals surface area contributed by atoms with Gasteiger partial charge in [-0.05, 0) is 74.4 Å². The molecular weight excluding hydrogens is 417 g/mol. The molecule has 5 heteroatoms. The zero-order chi connectivity index (χ0) is 23.2. The Labute approximate surface area is 195 Å². The van der Waals surface area contributed by atoms with Gasteiger partial charge in [0.15, 0.2) is 11.3 Å². The summed E-state index contributed by atoms with van der Waals surface area (Å²) in [5.74, 6) is 1.13. The quantitative estimate of drug-likeness (QED) is 0.324. The van der Waals surface area contributed by atoms with Crippen molar-refractivity contribution in [3.8, 4) is 11.5 Å². The van der Waals surface area contributed by atoms with Crippen LogP contribution >= 0.6 is 0 Å². The van der Waals surface area contributed by atoms with E-state index in [4.69, 9.17) is 13.9 Å². The molecule has 2 aromatic carbocycles. The van der Waals surface area contributed by atoms with Gasteiger partial charge in [0.1, 0.15) is 12.4 Å². The van der Waals surface area contributed by atoms with Gasteiger partial charge < -0.3 is 19.2 Å². The van der Waals surface area contributed by atoms with Crippen LogP contribution in [-0.2, 0) is 6.42 Å². The van der Waals surface area contributed by atoms with Crippen LogP contribution in [0, 0.1) is 12.7 Å². The highest BCUT2D eigenvalue weighted by Gasteiger charge is 2.23. The van der Waals surface area contributed by atoms with Crippen LogP contribution in [0.1, 0.15) is 55.7 Å². The van der Waals surface area contributed by atoms with E-state index in [1.165, 1.54) is 37.8 Å². The maximum absolute atomic E-state index is 13.1. The molecular formula is C28H34FNO3. The average molecular weight is 452 g/mol. The van der Waals surface area contributed by atoms with Crippen LogP contribution in [0.4, 0.5) is 4.39 Å².